The Morgan fingerprint density at radius 3 is 2.05 bits per heavy atom. The molecule has 9 heteroatoms. The number of halogens is 1. The third-order valence-electron chi connectivity index (χ3n) is 8.28. The molecule has 3 aromatic carbocycles. The predicted octanol–water partition coefficient (Wildman–Crippen LogP) is 6.14. The molecule has 1 fully saturated rings. The average Bonchev–Trinajstić information content (AvgIpc) is 3.42. The van der Waals surface area contributed by atoms with Gasteiger partial charge in [-0.25, -0.2) is 9.18 Å². The van der Waals surface area contributed by atoms with Crippen LogP contribution in [-0.2, 0) is 15.8 Å². The highest BCUT2D eigenvalue weighted by atomic mass is 28.4. The van der Waals surface area contributed by atoms with Crippen molar-refractivity contribution in [1.29, 1.82) is 0 Å². The highest BCUT2D eigenvalue weighted by molar-refractivity contribution is 6.99. The number of carbonyl (C=O) groups is 1. The van der Waals surface area contributed by atoms with E-state index in [1.807, 2.05) is 41.3 Å². The molecule has 1 aliphatic heterocycles. The zero-order valence-corrected chi connectivity index (χ0v) is 25.9. The smallest absolute Gasteiger partial charge is 0.358 e. The van der Waals surface area contributed by atoms with Crippen molar-refractivity contribution in [2.75, 3.05) is 18.0 Å². The molecule has 0 amide bonds. The van der Waals surface area contributed by atoms with Crippen molar-refractivity contribution in [1.82, 2.24) is 5.16 Å². The largest absolute Gasteiger partial charge is 0.476 e. The van der Waals surface area contributed by atoms with Crippen molar-refractivity contribution >= 4 is 41.3 Å². The van der Waals surface area contributed by atoms with Gasteiger partial charge in [-0.3, -0.25) is 0 Å². The van der Waals surface area contributed by atoms with Crippen LogP contribution in [0.1, 0.15) is 63.5 Å². The van der Waals surface area contributed by atoms with Crippen LogP contribution in [0.25, 0.3) is 11.0 Å². The maximum absolute atomic E-state index is 16.5. The molecule has 0 saturated carbocycles. The van der Waals surface area contributed by atoms with Gasteiger partial charge in [0.05, 0.1) is 29.9 Å². The minimum Gasteiger partial charge on any atom is -0.476 e. The highest BCUT2D eigenvalue weighted by Crippen LogP contribution is 2.40. The lowest BCUT2D eigenvalue weighted by atomic mass is 10.0. The lowest BCUT2D eigenvalue weighted by Crippen LogP contribution is -2.66. The first-order valence-electron chi connectivity index (χ1n) is 14.6. The molecule has 7 nitrogen and oxygen atoms in total. The summed E-state index contributed by atoms with van der Waals surface area (Å²) in [5, 5.41) is 15.5. The molecule has 5 rings (SSSR count). The molecule has 2 heterocycles. The Labute approximate surface area is 247 Å². The van der Waals surface area contributed by atoms with Gasteiger partial charge < -0.3 is 23.7 Å². The number of fused-ring (bicyclic) bond motifs is 1. The number of hydrogen-bond donors (Lipinski definition) is 1. The van der Waals surface area contributed by atoms with Gasteiger partial charge >= 0.3 is 5.97 Å². The van der Waals surface area contributed by atoms with Gasteiger partial charge in [0.1, 0.15) is 0 Å². The number of benzene rings is 3. The Morgan fingerprint density at radius 1 is 1.02 bits per heavy atom. The van der Waals surface area contributed by atoms with Crippen LogP contribution in [-0.4, -0.2) is 49.8 Å². The number of hydrogen-bond acceptors (Lipinski definition) is 6. The molecule has 0 bridgehead atoms. The second-order valence-electron chi connectivity index (χ2n) is 12.0. The Kier molecular flexibility index (Phi) is 8.55. The average molecular weight is 591 g/mol. The van der Waals surface area contributed by atoms with E-state index < -0.39 is 20.1 Å². The fraction of sp³-hybridized carbons (Fsp3) is 0.394. The summed E-state index contributed by atoms with van der Waals surface area (Å²) in [7, 11) is -2.97. The van der Waals surface area contributed by atoms with E-state index in [-0.39, 0.29) is 40.5 Å². The fourth-order valence-corrected chi connectivity index (χ4v) is 10.7. The summed E-state index contributed by atoms with van der Waals surface area (Å²) in [6, 6.07) is 22.2. The molecule has 1 aliphatic rings. The molecule has 0 radical (unpaired) electrons. The predicted molar refractivity (Wildman–Crippen MR) is 165 cm³/mol. The van der Waals surface area contributed by atoms with Crippen LogP contribution in [0.4, 0.5) is 10.1 Å². The number of anilines is 1. The second-order valence-corrected chi connectivity index (χ2v) is 16.3. The first-order valence-corrected chi connectivity index (χ1v) is 16.5. The zero-order chi connectivity index (χ0) is 30.1. The van der Waals surface area contributed by atoms with Gasteiger partial charge in [-0.15, -0.1) is 0 Å². The summed E-state index contributed by atoms with van der Waals surface area (Å²) in [5.74, 6) is -1.90. The third kappa shape index (κ3) is 5.37. The van der Waals surface area contributed by atoms with Crippen LogP contribution >= 0.6 is 0 Å². The number of morpholine rings is 1. The van der Waals surface area contributed by atoms with Crippen molar-refractivity contribution < 1.29 is 28.0 Å². The quantitative estimate of drug-likeness (QED) is 0.235. The maximum Gasteiger partial charge on any atom is 0.358 e. The summed E-state index contributed by atoms with van der Waals surface area (Å²) >= 11 is 0. The number of nitrogens with zero attached hydrogens (tertiary/aromatic N) is 2. The molecular formula is C33H39FN2O5Si. The van der Waals surface area contributed by atoms with E-state index in [0.29, 0.717) is 24.3 Å². The number of carboxylic acid groups (broad SMARTS) is 1. The van der Waals surface area contributed by atoms with Crippen LogP contribution in [0, 0.1) is 5.82 Å². The second kappa shape index (κ2) is 12.0. The Morgan fingerprint density at radius 2 is 1.57 bits per heavy atom. The molecule has 4 aromatic rings. The SMILES string of the molecule is CC[C@@H]1CN(c2c(CO[Si](c3ccccc3)(c3ccccc3)C(C)(C)C)cc3c(C(=O)O)noc3c2F)C[C@H](CC)O1. The number of aromatic nitrogens is 1. The first kappa shape index (κ1) is 29.9. The number of ether oxygens (including phenoxy) is 1. The van der Waals surface area contributed by atoms with Crippen LogP contribution < -0.4 is 15.3 Å². The van der Waals surface area contributed by atoms with Gasteiger partial charge in [0, 0.05) is 18.7 Å². The van der Waals surface area contributed by atoms with E-state index in [9.17, 15) is 9.90 Å². The first-order chi connectivity index (χ1) is 20.1. The van der Waals surface area contributed by atoms with Crippen LogP contribution in [0.5, 0.6) is 0 Å². The van der Waals surface area contributed by atoms with Crippen LogP contribution in [0.2, 0.25) is 5.04 Å². The van der Waals surface area contributed by atoms with Gasteiger partial charge in [0.2, 0.25) is 5.58 Å². The molecule has 1 N–H and O–H groups in total. The van der Waals surface area contributed by atoms with Crippen molar-refractivity contribution in [2.45, 2.75) is 71.3 Å². The van der Waals surface area contributed by atoms with E-state index in [2.05, 4.69) is 64.0 Å². The van der Waals surface area contributed by atoms with E-state index in [1.165, 1.54) is 0 Å². The van der Waals surface area contributed by atoms with Gasteiger partial charge in [0.15, 0.2) is 11.5 Å². The van der Waals surface area contributed by atoms with Crippen LogP contribution in [0.15, 0.2) is 71.3 Å². The molecule has 1 aromatic heterocycles. The van der Waals surface area contributed by atoms with Gasteiger partial charge in [-0.05, 0) is 34.3 Å². The Hall–Kier alpha value is -3.53. The third-order valence-corrected chi connectivity index (χ3v) is 13.3. The molecule has 0 aliphatic carbocycles. The van der Waals surface area contributed by atoms with E-state index >= 15 is 4.39 Å². The fourth-order valence-electron chi connectivity index (χ4n) is 6.19. The van der Waals surface area contributed by atoms with Crippen molar-refractivity contribution in [3.8, 4) is 0 Å². The molecule has 1 saturated heterocycles. The van der Waals surface area contributed by atoms with Crippen molar-refractivity contribution in [3.05, 3.63) is 83.8 Å². The van der Waals surface area contributed by atoms with Crippen LogP contribution in [0.3, 0.4) is 0 Å². The lowest BCUT2D eigenvalue weighted by Gasteiger charge is -2.43. The standard InChI is InChI=1S/C33H39FN2O5Si/c1-6-23-19-36(20-24(7-2)40-23)30-22(18-27-29(32(37)38)35-41-31(27)28(30)34)21-39-42(33(3,4)5,25-14-10-8-11-15-25)26-16-12-9-13-17-26/h8-18,23-24H,6-7,19-21H2,1-5H3,(H,37,38)/t23-,24+. The minimum atomic E-state index is -2.97. The van der Waals surface area contributed by atoms with Gasteiger partial charge in [0.25, 0.3) is 8.32 Å². The lowest BCUT2D eigenvalue weighted by molar-refractivity contribution is -0.0287. The van der Waals surface area contributed by atoms with E-state index in [0.717, 1.165) is 23.2 Å². The molecular weight excluding hydrogens is 551 g/mol. The number of aromatic carboxylic acids is 1. The summed E-state index contributed by atoms with van der Waals surface area (Å²) in [5.41, 5.74) is 0.435. The van der Waals surface area contributed by atoms with Crippen molar-refractivity contribution in [3.63, 3.8) is 0 Å². The van der Waals surface area contributed by atoms with Crippen molar-refractivity contribution in [2.24, 2.45) is 0 Å². The molecule has 222 valence electrons. The topological polar surface area (TPSA) is 85.0 Å². The number of carboxylic acids is 1. The van der Waals surface area contributed by atoms with E-state index in [4.69, 9.17) is 13.7 Å². The van der Waals surface area contributed by atoms with Gasteiger partial charge in [-0.1, -0.05) is 100 Å². The summed E-state index contributed by atoms with van der Waals surface area (Å²) in [6.45, 7) is 11.8. The normalized spacial score (nSPS) is 18.0. The molecule has 0 spiro atoms. The number of rotatable bonds is 9. The maximum atomic E-state index is 16.5. The molecule has 0 unspecified atom stereocenters. The Balaban J connectivity index is 1.69. The highest BCUT2D eigenvalue weighted by Gasteiger charge is 2.50. The Bertz CT molecular complexity index is 1490. The molecule has 42 heavy (non-hydrogen) atoms. The summed E-state index contributed by atoms with van der Waals surface area (Å²) in [4.78, 5) is 14.0. The zero-order valence-electron chi connectivity index (χ0n) is 24.9. The van der Waals surface area contributed by atoms with Gasteiger partial charge in [-0.2, -0.15) is 0 Å². The molecule has 2 atom stereocenters. The minimum absolute atomic E-state index is 0.0615. The summed E-state index contributed by atoms with van der Waals surface area (Å²) < 4.78 is 35.2. The summed E-state index contributed by atoms with van der Waals surface area (Å²) in [6.07, 6.45) is 1.45. The van der Waals surface area contributed by atoms with E-state index in [1.54, 1.807) is 6.07 Å². The monoisotopic (exact) mass is 590 g/mol.